The van der Waals surface area contributed by atoms with Gasteiger partial charge in [0.1, 0.15) is 0 Å². The molecule has 0 spiro atoms. The molecule has 0 aromatic rings. The first kappa shape index (κ1) is 39.7. The first-order valence-electron chi connectivity index (χ1n) is 13.5. The summed E-state index contributed by atoms with van der Waals surface area (Å²) in [6.45, 7) is 7.64. The van der Waals surface area contributed by atoms with E-state index in [0.717, 1.165) is 0 Å². The van der Waals surface area contributed by atoms with Crippen LogP contribution in [-0.4, -0.2) is 45.0 Å². The van der Waals surface area contributed by atoms with Crippen LogP contribution in [0.1, 0.15) is 118 Å². The van der Waals surface area contributed by atoms with Crippen molar-refractivity contribution in [2.45, 2.75) is 126 Å². The number of carbonyl (C=O) groups excluding carboxylic acids is 4. The molecular weight excluding hydrogens is 583 g/mol. The molecule has 0 aromatic carbocycles. The van der Waals surface area contributed by atoms with Gasteiger partial charge in [-0.15, -0.1) is 0 Å². The van der Waals surface area contributed by atoms with Gasteiger partial charge in [-0.2, -0.15) is 0 Å². The Hall–Kier alpha value is -1.84. The molecule has 0 amide bonds. The Kier molecular flexibility index (Phi) is 32.6. The Balaban J connectivity index is -0.000000499. The Labute approximate surface area is 233 Å². The van der Waals surface area contributed by atoms with Gasteiger partial charge in [-0.1, -0.05) is 13.8 Å². The monoisotopic (exact) mass is 630 g/mol. The SMILES string of the molecule is CC/C(=C/C(=O)[O-])C(=O)[O-].CC/C(=C/C(=O)[O-])C(=O)[O-].CCCCCCC[CH2][Sn+4][CH2]CCCCCCC. The summed E-state index contributed by atoms with van der Waals surface area (Å²) < 4.78 is 3.31. The van der Waals surface area contributed by atoms with E-state index in [4.69, 9.17) is 0 Å². The average molecular weight is 629 g/mol. The van der Waals surface area contributed by atoms with E-state index in [2.05, 4.69) is 13.8 Å². The van der Waals surface area contributed by atoms with Crippen LogP contribution in [0.2, 0.25) is 8.87 Å². The molecule has 9 heteroatoms. The molecule has 0 bridgehead atoms. The second kappa shape index (κ2) is 30.4. The zero-order chi connectivity index (χ0) is 28.9. The van der Waals surface area contributed by atoms with E-state index in [1.165, 1.54) is 78.1 Å². The number of hydrogen-bond acceptors (Lipinski definition) is 8. The third-order valence-corrected chi connectivity index (χ3v) is 9.32. The van der Waals surface area contributed by atoms with E-state index in [1.54, 1.807) is 21.7 Å². The maximum absolute atomic E-state index is 10.00. The number of aliphatic carboxylic acids is 4. The number of unbranched alkanes of at least 4 members (excludes halogenated alkanes) is 10. The fourth-order valence-corrected chi connectivity index (χ4v) is 6.65. The Bertz CT molecular complexity index is 615. The summed E-state index contributed by atoms with van der Waals surface area (Å²) in [4.78, 5) is 39.6. The number of carbonyl (C=O) groups is 4. The second-order valence-electron chi connectivity index (χ2n) is 8.54. The summed E-state index contributed by atoms with van der Waals surface area (Å²) in [5.74, 6) is -5.96. The van der Waals surface area contributed by atoms with Crippen molar-refractivity contribution in [2.75, 3.05) is 0 Å². The van der Waals surface area contributed by atoms with Gasteiger partial charge in [0.15, 0.2) is 0 Å². The van der Waals surface area contributed by atoms with Crippen LogP contribution in [0.5, 0.6) is 0 Å². The number of carboxylic acid groups (broad SMARTS) is 4. The molecule has 0 aliphatic carbocycles. The number of rotatable bonds is 20. The van der Waals surface area contributed by atoms with Crippen LogP contribution >= 0.6 is 0 Å². The van der Waals surface area contributed by atoms with Crippen LogP contribution in [0.4, 0.5) is 0 Å². The predicted molar refractivity (Wildman–Crippen MR) is 139 cm³/mol. The third kappa shape index (κ3) is 34.2. The molecule has 0 atom stereocenters. The topological polar surface area (TPSA) is 161 Å². The van der Waals surface area contributed by atoms with E-state index < -0.39 is 23.9 Å². The minimum atomic E-state index is -1.51. The Morgan fingerprint density at radius 1 is 0.514 bits per heavy atom. The summed E-state index contributed by atoms with van der Waals surface area (Å²) in [5.41, 5.74) is -0.528. The van der Waals surface area contributed by atoms with Crippen LogP contribution in [0.25, 0.3) is 0 Å². The van der Waals surface area contributed by atoms with Gasteiger partial charge in [0.05, 0.1) is 23.9 Å². The fraction of sp³-hybridized carbons (Fsp3) is 0.714. The summed E-state index contributed by atoms with van der Waals surface area (Å²) >= 11 is 0.0736. The quantitative estimate of drug-likeness (QED) is 0.112. The van der Waals surface area contributed by atoms with Crippen LogP contribution in [0.15, 0.2) is 23.3 Å². The summed E-state index contributed by atoms with van der Waals surface area (Å²) in [6.07, 6.45) is 19.1. The zero-order valence-corrected chi connectivity index (χ0v) is 26.1. The standard InChI is InChI=1S/2C8H17.2C6H8O4.Sn/c2*1-3-5-7-8-6-4-2;2*1-2-4(6(9)10)3-5(7)8;/h2*1,3-8H2,2H3;2*3H,2H2,1H3,(H,7,8)(H,9,10);/q;;;;+4/p-4/b;;2*4-3-;. The van der Waals surface area contributed by atoms with Crippen molar-refractivity contribution < 1.29 is 39.6 Å². The van der Waals surface area contributed by atoms with E-state index in [-0.39, 0.29) is 45.1 Å². The third-order valence-electron chi connectivity index (χ3n) is 5.28. The van der Waals surface area contributed by atoms with E-state index in [9.17, 15) is 39.6 Å². The van der Waals surface area contributed by atoms with Crippen molar-refractivity contribution in [3.63, 3.8) is 0 Å². The summed E-state index contributed by atoms with van der Waals surface area (Å²) in [7, 11) is 0. The van der Waals surface area contributed by atoms with Crippen molar-refractivity contribution in [2.24, 2.45) is 0 Å². The molecule has 0 unspecified atom stereocenters. The van der Waals surface area contributed by atoms with Crippen molar-refractivity contribution >= 4 is 45.0 Å². The van der Waals surface area contributed by atoms with Crippen molar-refractivity contribution in [3.05, 3.63) is 23.3 Å². The molecular formula is C28H46O8Sn. The van der Waals surface area contributed by atoms with Crippen LogP contribution in [-0.2, 0) is 19.2 Å². The normalized spacial score (nSPS) is 11.0. The molecule has 0 fully saturated rings. The maximum atomic E-state index is 10.00. The van der Waals surface area contributed by atoms with Gasteiger partial charge in [0.25, 0.3) is 0 Å². The Morgan fingerprint density at radius 2 is 0.811 bits per heavy atom. The van der Waals surface area contributed by atoms with Crippen LogP contribution in [0.3, 0.4) is 0 Å². The summed E-state index contributed by atoms with van der Waals surface area (Å²) in [6, 6.07) is 0. The number of hydrogen-bond donors (Lipinski definition) is 0. The molecule has 0 saturated heterocycles. The van der Waals surface area contributed by atoms with Gasteiger partial charge >= 0.3 is 121 Å². The van der Waals surface area contributed by atoms with Gasteiger partial charge in [-0.3, -0.25) is 0 Å². The molecule has 8 nitrogen and oxygen atoms in total. The van der Waals surface area contributed by atoms with Gasteiger partial charge in [-0.25, -0.2) is 0 Å². The minimum absolute atomic E-state index is 0.0736. The van der Waals surface area contributed by atoms with Crippen molar-refractivity contribution in [1.82, 2.24) is 0 Å². The molecule has 37 heavy (non-hydrogen) atoms. The average Bonchev–Trinajstić information content (AvgIpc) is 2.84. The van der Waals surface area contributed by atoms with Gasteiger partial charge in [-0.05, 0) is 36.1 Å². The molecule has 0 aromatic heterocycles. The predicted octanol–water partition coefficient (Wildman–Crippen LogP) is 1.89. The van der Waals surface area contributed by atoms with Crippen LogP contribution in [0, 0.1) is 0 Å². The zero-order valence-electron chi connectivity index (χ0n) is 23.2. The van der Waals surface area contributed by atoms with E-state index >= 15 is 0 Å². The second-order valence-corrected chi connectivity index (χ2v) is 12.8. The summed E-state index contributed by atoms with van der Waals surface area (Å²) in [5, 5.41) is 39.6. The molecule has 0 aliphatic heterocycles. The van der Waals surface area contributed by atoms with E-state index in [0.29, 0.717) is 12.2 Å². The van der Waals surface area contributed by atoms with Gasteiger partial charge in [0, 0.05) is 0 Å². The molecule has 0 N–H and O–H groups in total. The molecule has 6 radical (unpaired) electrons. The van der Waals surface area contributed by atoms with Gasteiger partial charge in [0.2, 0.25) is 0 Å². The number of carboxylic acids is 4. The fourth-order valence-electron chi connectivity index (χ4n) is 3.08. The molecule has 0 heterocycles. The first-order chi connectivity index (χ1) is 17.6. The molecule has 0 saturated carbocycles. The molecule has 210 valence electrons. The first-order valence-corrected chi connectivity index (χ1v) is 17.6. The van der Waals surface area contributed by atoms with Gasteiger partial charge < -0.3 is 39.6 Å². The molecule has 0 rings (SSSR count). The van der Waals surface area contributed by atoms with Crippen LogP contribution < -0.4 is 20.4 Å². The Morgan fingerprint density at radius 3 is 1.03 bits per heavy atom. The van der Waals surface area contributed by atoms with Crippen molar-refractivity contribution in [1.29, 1.82) is 0 Å². The van der Waals surface area contributed by atoms with E-state index in [1.807, 2.05) is 0 Å². The van der Waals surface area contributed by atoms with Crippen molar-refractivity contribution in [3.8, 4) is 0 Å². The molecule has 0 aliphatic rings.